The Bertz CT molecular complexity index is 6690. The number of rotatable bonds is 15. The second kappa shape index (κ2) is 42.3. The number of hydrogen-bond acceptors (Lipinski definition) is 17. The molecule has 7 heterocycles. The maximum absolute atomic E-state index is 15.6. The fourth-order valence-corrected chi connectivity index (χ4v) is 14.4. The van der Waals surface area contributed by atoms with Crippen LogP contribution in [0.4, 0.5) is 13.2 Å². The fourth-order valence-electron chi connectivity index (χ4n) is 13.9. The van der Waals surface area contributed by atoms with Crippen molar-refractivity contribution in [2.45, 2.75) is 77.8 Å². The van der Waals surface area contributed by atoms with Gasteiger partial charge in [-0.05, 0) is 133 Å². The molecule has 133 heavy (non-hydrogen) atoms. The number of benzene rings is 13. The van der Waals surface area contributed by atoms with Gasteiger partial charge < -0.3 is 18.6 Å². The molecule has 0 bridgehead atoms. The Balaban J connectivity index is 0.000000132. The molecule has 0 unspecified atom stereocenters. The van der Waals surface area contributed by atoms with Crippen molar-refractivity contribution in [2.75, 3.05) is 0 Å². The summed E-state index contributed by atoms with van der Waals surface area (Å²) in [4.78, 5) is 60.1. The standard InChI is InChI=1S/C37H24FN5.C22H23BN2O2.C21H13ClFN3.C15H10ClN3.C12H15BClFO2.HI/c38-31-22-21-29(36-42-34(27-17-9-3-10-18-27)41-35(43-36)28-19-11-4-12-20-28)23-30(31)37-39-32(25-13-5-1-6-14-25)24-33(40-37)26-15-7-2-8-16-26;1-21(2)22(3,4)27-23(26-21)20-24-18(16-11-7-5-8-12-16)15-19(25-20)17-13-9-6-10-14-17;22-17-13-16(11-12-18(17)23)21-25-19(14-7-3-1-4-8-14)24-20(26-21)15-9-5-2-6-10-15;16-15-18-13(11-7-3-1-4-8-11)17-14(19-15)12-9-5-2-6-10-12;1-11(2)12(3,4)17-13(16-11)8-5-6-10(15)9(14)7-8;/h1-24H;5-15H,1-4H3;1-13H;1-10H;5-7H,1-4H3;1H. The topological polar surface area (TPSA) is 204 Å². The van der Waals surface area contributed by atoms with Crippen LogP contribution >= 0.6 is 58.8 Å². The van der Waals surface area contributed by atoms with E-state index in [2.05, 4.69) is 29.9 Å². The van der Waals surface area contributed by atoms with E-state index in [-0.39, 0.29) is 50.7 Å². The van der Waals surface area contributed by atoms with Gasteiger partial charge in [0, 0.05) is 66.8 Å². The fraction of sp³-hybridized carbons (Fsp3) is 0.112. The summed E-state index contributed by atoms with van der Waals surface area (Å²) in [6.45, 7) is 16.0. The van der Waals surface area contributed by atoms with Gasteiger partial charge in [0.15, 0.2) is 58.1 Å². The summed E-state index contributed by atoms with van der Waals surface area (Å²) in [5.74, 6) is 3.13. The Kier molecular flexibility index (Phi) is 29.9. The van der Waals surface area contributed by atoms with E-state index in [1.54, 1.807) is 30.3 Å². The first-order valence-corrected chi connectivity index (χ1v) is 43.6. The Morgan fingerprint density at radius 1 is 0.218 bits per heavy atom. The van der Waals surface area contributed by atoms with Crippen LogP contribution in [0.1, 0.15) is 55.4 Å². The monoisotopic (exact) mass is 1930 g/mol. The molecule has 2 saturated heterocycles. The first kappa shape index (κ1) is 94.1. The Morgan fingerprint density at radius 2 is 0.451 bits per heavy atom. The zero-order valence-corrected chi connectivity index (χ0v) is 78.1. The van der Waals surface area contributed by atoms with Gasteiger partial charge >= 0.3 is 14.2 Å². The van der Waals surface area contributed by atoms with Crippen LogP contribution in [0.25, 0.3) is 148 Å². The van der Waals surface area contributed by atoms with Crippen LogP contribution in [0.5, 0.6) is 0 Å². The molecule has 2 aliphatic heterocycles. The molecule has 5 aromatic heterocycles. The van der Waals surface area contributed by atoms with Crippen LogP contribution in [0, 0.1) is 17.5 Å². The highest BCUT2D eigenvalue weighted by atomic mass is 127. The normalized spacial score (nSPS) is 13.5. The molecule has 0 radical (unpaired) electrons. The van der Waals surface area contributed by atoms with E-state index in [4.69, 9.17) is 88.3 Å². The van der Waals surface area contributed by atoms with Gasteiger partial charge in [0.05, 0.1) is 60.8 Å². The summed E-state index contributed by atoms with van der Waals surface area (Å²) in [6.07, 6.45) is 0. The van der Waals surface area contributed by atoms with Crippen molar-refractivity contribution in [3.63, 3.8) is 0 Å². The smallest absolute Gasteiger partial charge is 0.399 e. The lowest BCUT2D eigenvalue weighted by molar-refractivity contribution is 0.00578. The molecule has 20 rings (SSSR count). The largest absolute Gasteiger partial charge is 0.534 e. The molecule has 0 aliphatic carbocycles. The quantitative estimate of drug-likeness (QED) is 0.0691. The predicted octanol–water partition coefficient (Wildman–Crippen LogP) is 25.8. The maximum atomic E-state index is 15.6. The summed E-state index contributed by atoms with van der Waals surface area (Å²) in [6, 6.07) is 116. The maximum Gasteiger partial charge on any atom is 0.534 e. The highest BCUT2D eigenvalue weighted by molar-refractivity contribution is 14.0. The molecule has 0 amide bonds. The summed E-state index contributed by atoms with van der Waals surface area (Å²) < 4.78 is 66.2. The molecule has 18 aromatic rings. The van der Waals surface area contributed by atoms with Crippen LogP contribution in [-0.4, -0.2) is 101 Å². The third kappa shape index (κ3) is 23.1. The van der Waals surface area contributed by atoms with Gasteiger partial charge in [0.2, 0.25) is 5.28 Å². The molecule has 0 spiro atoms. The highest BCUT2D eigenvalue weighted by Crippen LogP contribution is 2.40. The molecular weight excluding hydrogens is 1840 g/mol. The van der Waals surface area contributed by atoms with E-state index >= 15 is 4.39 Å². The molecule has 0 atom stereocenters. The first-order chi connectivity index (χ1) is 63.8. The second-order valence-corrected chi connectivity index (χ2v) is 33.8. The zero-order valence-electron chi connectivity index (χ0n) is 73.5. The van der Waals surface area contributed by atoms with Crippen LogP contribution in [-0.2, 0) is 18.6 Å². The number of aromatic nitrogens is 13. The minimum atomic E-state index is -0.596. The molecule has 17 nitrogen and oxygen atoms in total. The van der Waals surface area contributed by atoms with Gasteiger partial charge in [-0.2, -0.15) is 9.97 Å². The van der Waals surface area contributed by atoms with E-state index < -0.39 is 54.1 Å². The van der Waals surface area contributed by atoms with Crippen LogP contribution in [0.3, 0.4) is 0 Å². The lowest BCUT2D eigenvalue weighted by Crippen LogP contribution is -2.41. The Labute approximate surface area is 802 Å². The molecular formula is C107H86B2Cl3F3IN13O4. The molecule has 0 N–H and O–H groups in total. The van der Waals surface area contributed by atoms with Gasteiger partial charge in [0.25, 0.3) is 0 Å². The van der Waals surface area contributed by atoms with E-state index in [1.165, 1.54) is 24.3 Å². The number of nitrogens with zero attached hydrogens (tertiary/aromatic N) is 13. The van der Waals surface area contributed by atoms with Crippen LogP contribution < -0.4 is 11.2 Å². The Hall–Kier alpha value is -13.6. The highest BCUT2D eigenvalue weighted by Gasteiger charge is 2.54. The van der Waals surface area contributed by atoms with Gasteiger partial charge in [-0.15, -0.1) is 24.0 Å². The van der Waals surface area contributed by atoms with Crippen molar-refractivity contribution < 1.29 is 31.8 Å². The van der Waals surface area contributed by atoms with Crippen molar-refractivity contribution in [1.82, 2.24) is 64.8 Å². The molecule has 2 fully saturated rings. The summed E-state index contributed by atoms with van der Waals surface area (Å²) in [5, 5.41) is 0.315. The minimum absolute atomic E-state index is 0. The van der Waals surface area contributed by atoms with Gasteiger partial charge in [-0.25, -0.2) is 68.0 Å². The number of halogens is 7. The predicted molar refractivity (Wildman–Crippen MR) is 536 cm³/mol. The van der Waals surface area contributed by atoms with Crippen molar-refractivity contribution in [1.29, 1.82) is 0 Å². The second-order valence-electron chi connectivity index (χ2n) is 32.7. The lowest BCUT2D eigenvalue weighted by Gasteiger charge is -2.32. The van der Waals surface area contributed by atoms with E-state index in [1.807, 2.05) is 371 Å². The summed E-state index contributed by atoms with van der Waals surface area (Å²) in [5.41, 5.74) is 13.5. The van der Waals surface area contributed by atoms with Gasteiger partial charge in [-0.3, -0.25) is 0 Å². The molecule has 13 aromatic carbocycles. The minimum Gasteiger partial charge on any atom is -0.399 e. The van der Waals surface area contributed by atoms with E-state index in [9.17, 15) is 8.78 Å². The third-order valence-electron chi connectivity index (χ3n) is 22.4. The Morgan fingerprint density at radius 3 is 0.737 bits per heavy atom. The summed E-state index contributed by atoms with van der Waals surface area (Å²) in [7, 11) is -1.10. The van der Waals surface area contributed by atoms with E-state index in [0.717, 1.165) is 72.5 Å². The lowest BCUT2D eigenvalue weighted by atomic mass is 9.79. The van der Waals surface area contributed by atoms with Crippen LogP contribution in [0.15, 0.2) is 370 Å². The average Bonchev–Trinajstić information content (AvgIpc) is 1.61. The molecule has 0 saturated carbocycles. The van der Waals surface area contributed by atoms with Crippen LogP contribution in [0.2, 0.25) is 15.3 Å². The molecule has 2 aliphatic rings. The number of hydrogen-bond donors (Lipinski definition) is 0. The SMILES string of the molecule is CC1(C)OB(c2ccc(F)c(Cl)c2)OC1(C)C.CC1(C)OB(c2nc(-c3ccccc3)cc(-c3ccccc3)n2)OC1(C)C.Clc1nc(-c2ccccc2)nc(-c2ccccc2)n1.Fc1ccc(-c2nc(-c3ccccc3)nc(-c3ccccc3)n2)cc1-c1nc(-c2ccccc2)cc(-c2ccccc2)n1.Fc1ccc(-c2nc(-c3ccccc3)nc(-c3ccccc3)n2)cc1Cl.I. The zero-order chi connectivity index (χ0) is 91.9. The first-order valence-electron chi connectivity index (χ1n) is 42.5. The van der Waals surface area contributed by atoms with Crippen molar-refractivity contribution >= 4 is 84.2 Å². The van der Waals surface area contributed by atoms with Crippen molar-refractivity contribution in [3.8, 4) is 148 Å². The van der Waals surface area contributed by atoms with Gasteiger partial charge in [-0.1, -0.05) is 333 Å². The third-order valence-corrected chi connectivity index (χ3v) is 23.1. The molecule has 658 valence electrons. The van der Waals surface area contributed by atoms with Gasteiger partial charge in [0.1, 0.15) is 17.5 Å². The van der Waals surface area contributed by atoms with Crippen molar-refractivity contribution in [2.24, 2.45) is 0 Å². The average molecular weight is 1930 g/mol. The van der Waals surface area contributed by atoms with E-state index in [0.29, 0.717) is 74.8 Å². The summed E-state index contributed by atoms with van der Waals surface area (Å²) >= 11 is 17.7. The van der Waals surface area contributed by atoms with Crippen molar-refractivity contribution in [3.05, 3.63) is 403 Å². The molecule has 26 heteroatoms.